The van der Waals surface area contributed by atoms with Crippen molar-refractivity contribution in [3.63, 3.8) is 0 Å². The van der Waals surface area contributed by atoms with E-state index >= 15 is 0 Å². The molecule has 1 aliphatic carbocycles. The van der Waals surface area contributed by atoms with Gasteiger partial charge in [0.1, 0.15) is 0 Å². The molecule has 0 fully saturated rings. The molecule has 0 amide bonds. The van der Waals surface area contributed by atoms with Crippen molar-refractivity contribution in [1.82, 2.24) is 0 Å². The topological polar surface area (TPSA) is 59.6 Å². The van der Waals surface area contributed by atoms with Crippen molar-refractivity contribution in [1.29, 1.82) is 0 Å². The molecule has 0 radical (unpaired) electrons. The van der Waals surface area contributed by atoms with Crippen molar-refractivity contribution in [2.45, 2.75) is 45.6 Å². The van der Waals surface area contributed by atoms with E-state index < -0.39 is 0 Å². The van der Waals surface area contributed by atoms with Crippen LogP contribution in [-0.4, -0.2) is 25.2 Å². The Morgan fingerprint density at radius 1 is 1.35 bits per heavy atom. The Labute approximate surface area is 121 Å². The van der Waals surface area contributed by atoms with Crippen molar-refractivity contribution < 1.29 is 4.74 Å². The molecular weight excluding hydrogens is 250 g/mol. The lowest BCUT2D eigenvalue weighted by Crippen LogP contribution is -2.23. The van der Waals surface area contributed by atoms with Crippen molar-refractivity contribution in [2.24, 2.45) is 10.7 Å². The first-order valence-corrected chi connectivity index (χ1v) is 7.45. The van der Waals surface area contributed by atoms with Gasteiger partial charge < -0.3 is 15.8 Å². The Morgan fingerprint density at radius 2 is 2.15 bits per heavy atom. The molecule has 1 aliphatic rings. The zero-order chi connectivity index (χ0) is 14.4. The average molecular weight is 275 g/mol. The summed E-state index contributed by atoms with van der Waals surface area (Å²) in [5, 5.41) is 3.16. The highest BCUT2D eigenvalue weighted by Gasteiger charge is 2.10. The summed E-state index contributed by atoms with van der Waals surface area (Å²) in [7, 11) is 0. The maximum absolute atomic E-state index is 5.89. The van der Waals surface area contributed by atoms with Gasteiger partial charge in [0, 0.05) is 18.8 Å². The van der Waals surface area contributed by atoms with Gasteiger partial charge in [-0.15, -0.1) is 0 Å². The SMILES string of the molecule is CC(C)OCCCN=C(N)Nc1ccc2c(c1)CCC2. The van der Waals surface area contributed by atoms with Gasteiger partial charge in [-0.3, -0.25) is 4.99 Å². The molecule has 0 atom stereocenters. The van der Waals surface area contributed by atoms with Crippen molar-refractivity contribution in [3.05, 3.63) is 29.3 Å². The van der Waals surface area contributed by atoms with Gasteiger partial charge in [0.25, 0.3) is 0 Å². The number of hydrogen-bond acceptors (Lipinski definition) is 2. The number of guanidine groups is 1. The fraction of sp³-hybridized carbons (Fsp3) is 0.562. The molecular formula is C16H25N3O. The maximum Gasteiger partial charge on any atom is 0.193 e. The number of ether oxygens (including phenoxy) is 1. The Bertz CT molecular complexity index is 469. The lowest BCUT2D eigenvalue weighted by molar-refractivity contribution is 0.0783. The molecule has 0 saturated carbocycles. The molecule has 0 heterocycles. The Morgan fingerprint density at radius 3 is 2.95 bits per heavy atom. The van der Waals surface area contributed by atoms with E-state index in [0.717, 1.165) is 18.7 Å². The predicted octanol–water partition coefficient (Wildman–Crippen LogP) is 2.72. The molecule has 1 aromatic carbocycles. The van der Waals surface area contributed by atoms with Crippen LogP contribution in [0.1, 0.15) is 37.8 Å². The van der Waals surface area contributed by atoms with Gasteiger partial charge in [-0.1, -0.05) is 6.07 Å². The van der Waals surface area contributed by atoms with E-state index in [1.165, 1.54) is 30.4 Å². The number of nitrogens with two attached hydrogens (primary N) is 1. The van der Waals surface area contributed by atoms with Crippen LogP contribution in [0, 0.1) is 0 Å². The van der Waals surface area contributed by atoms with Crippen LogP contribution in [0.4, 0.5) is 5.69 Å². The summed E-state index contributed by atoms with van der Waals surface area (Å²) in [4.78, 5) is 4.31. The van der Waals surface area contributed by atoms with Crippen LogP contribution in [-0.2, 0) is 17.6 Å². The molecule has 0 bridgehead atoms. The first-order chi connectivity index (χ1) is 9.65. The van der Waals surface area contributed by atoms with Gasteiger partial charge >= 0.3 is 0 Å². The minimum atomic E-state index is 0.279. The third kappa shape index (κ3) is 4.53. The molecule has 0 aliphatic heterocycles. The van der Waals surface area contributed by atoms with Gasteiger partial charge in [-0.2, -0.15) is 0 Å². The lowest BCUT2D eigenvalue weighted by atomic mass is 10.1. The number of benzene rings is 1. The highest BCUT2D eigenvalue weighted by atomic mass is 16.5. The van der Waals surface area contributed by atoms with Crippen LogP contribution in [0.2, 0.25) is 0 Å². The summed E-state index contributed by atoms with van der Waals surface area (Å²) in [5.41, 5.74) is 9.83. The van der Waals surface area contributed by atoms with Crippen LogP contribution in [0.25, 0.3) is 0 Å². The van der Waals surface area contributed by atoms with Gasteiger partial charge in [0.2, 0.25) is 0 Å². The van der Waals surface area contributed by atoms with Gasteiger partial charge in [-0.25, -0.2) is 0 Å². The summed E-state index contributed by atoms with van der Waals surface area (Å²) < 4.78 is 5.46. The molecule has 0 unspecified atom stereocenters. The third-order valence-electron chi connectivity index (χ3n) is 3.41. The Balaban J connectivity index is 1.77. The minimum Gasteiger partial charge on any atom is -0.379 e. The first-order valence-electron chi connectivity index (χ1n) is 7.45. The summed E-state index contributed by atoms with van der Waals surface area (Å²) in [6.07, 6.45) is 4.81. The minimum absolute atomic E-state index is 0.279. The zero-order valence-electron chi connectivity index (χ0n) is 12.5. The number of fused-ring (bicyclic) bond motifs is 1. The van der Waals surface area contributed by atoms with E-state index in [2.05, 4.69) is 28.5 Å². The van der Waals surface area contributed by atoms with E-state index in [1.54, 1.807) is 0 Å². The Kier molecular flexibility index (Phi) is 5.41. The van der Waals surface area contributed by atoms with E-state index in [-0.39, 0.29) is 6.10 Å². The summed E-state index contributed by atoms with van der Waals surface area (Å²) >= 11 is 0. The second kappa shape index (κ2) is 7.29. The van der Waals surface area contributed by atoms with Gasteiger partial charge in [0.15, 0.2) is 5.96 Å². The molecule has 0 saturated heterocycles. The third-order valence-corrected chi connectivity index (χ3v) is 3.41. The molecule has 20 heavy (non-hydrogen) atoms. The van der Waals surface area contributed by atoms with Crippen LogP contribution in [0.15, 0.2) is 23.2 Å². The van der Waals surface area contributed by atoms with Crippen LogP contribution >= 0.6 is 0 Å². The quantitative estimate of drug-likeness (QED) is 0.477. The predicted molar refractivity (Wildman–Crippen MR) is 84.3 cm³/mol. The summed E-state index contributed by atoms with van der Waals surface area (Å²) in [5.74, 6) is 0.479. The number of aliphatic imine (C=N–C) groups is 1. The number of rotatable bonds is 6. The standard InChI is InChI=1S/C16H25N3O/c1-12(2)20-10-4-9-18-16(17)19-15-8-7-13-5-3-6-14(13)11-15/h7-8,11-12H,3-6,9-10H2,1-2H3,(H3,17,18,19). The number of nitrogens with zero attached hydrogens (tertiary/aromatic N) is 1. The molecule has 4 heteroatoms. The maximum atomic E-state index is 5.89. The Hall–Kier alpha value is -1.55. The highest BCUT2D eigenvalue weighted by molar-refractivity contribution is 5.92. The molecule has 2 rings (SSSR count). The molecule has 0 spiro atoms. The van der Waals surface area contributed by atoms with Crippen molar-refractivity contribution >= 4 is 11.6 Å². The average Bonchev–Trinajstić information content (AvgIpc) is 2.85. The van der Waals surface area contributed by atoms with Crippen molar-refractivity contribution in [3.8, 4) is 0 Å². The summed E-state index contributed by atoms with van der Waals surface area (Å²) in [6, 6.07) is 6.45. The fourth-order valence-electron chi connectivity index (χ4n) is 2.42. The molecule has 4 nitrogen and oxygen atoms in total. The summed E-state index contributed by atoms with van der Waals surface area (Å²) in [6.45, 7) is 5.49. The lowest BCUT2D eigenvalue weighted by Gasteiger charge is -2.08. The number of hydrogen-bond donors (Lipinski definition) is 2. The number of anilines is 1. The van der Waals surface area contributed by atoms with Crippen LogP contribution in [0.5, 0.6) is 0 Å². The zero-order valence-corrected chi connectivity index (χ0v) is 12.5. The number of nitrogens with one attached hydrogen (secondary N) is 1. The van der Waals surface area contributed by atoms with E-state index in [9.17, 15) is 0 Å². The van der Waals surface area contributed by atoms with Gasteiger partial charge in [-0.05, 0) is 62.8 Å². The van der Waals surface area contributed by atoms with Crippen LogP contribution in [0.3, 0.4) is 0 Å². The van der Waals surface area contributed by atoms with E-state index in [0.29, 0.717) is 12.5 Å². The van der Waals surface area contributed by atoms with E-state index in [4.69, 9.17) is 10.5 Å². The molecule has 1 aromatic rings. The highest BCUT2D eigenvalue weighted by Crippen LogP contribution is 2.24. The largest absolute Gasteiger partial charge is 0.379 e. The second-order valence-corrected chi connectivity index (χ2v) is 5.50. The van der Waals surface area contributed by atoms with Crippen molar-refractivity contribution in [2.75, 3.05) is 18.5 Å². The normalized spacial score (nSPS) is 14.7. The first kappa shape index (κ1) is 14.9. The number of aryl methyl sites for hydroxylation is 2. The van der Waals surface area contributed by atoms with Crippen LogP contribution < -0.4 is 11.1 Å². The molecule has 3 N–H and O–H groups in total. The molecule has 110 valence electrons. The smallest absolute Gasteiger partial charge is 0.193 e. The second-order valence-electron chi connectivity index (χ2n) is 5.50. The van der Waals surface area contributed by atoms with E-state index in [1.807, 2.05) is 13.8 Å². The van der Waals surface area contributed by atoms with Gasteiger partial charge in [0.05, 0.1) is 6.10 Å². The monoisotopic (exact) mass is 275 g/mol. The molecule has 0 aromatic heterocycles. The fourth-order valence-corrected chi connectivity index (χ4v) is 2.42.